The Hall–Kier alpha value is -2.19. The molecule has 1 radical (unpaired) electrons. The van der Waals surface area contributed by atoms with Gasteiger partial charge in [0.15, 0.2) is 11.4 Å². The second-order valence-electron chi connectivity index (χ2n) is 5.93. The van der Waals surface area contributed by atoms with Crippen LogP contribution in [0.2, 0.25) is 5.15 Å². The van der Waals surface area contributed by atoms with Gasteiger partial charge in [-0.1, -0.05) is 37.1 Å². The van der Waals surface area contributed by atoms with E-state index >= 15 is 0 Å². The van der Waals surface area contributed by atoms with E-state index in [0.717, 1.165) is 18.4 Å². The zero-order valence-electron chi connectivity index (χ0n) is 14.9. The topological polar surface area (TPSA) is 98.1 Å². The lowest BCUT2D eigenvalue weighted by molar-refractivity contribution is -0.118. The quantitative estimate of drug-likeness (QED) is 0.641. The minimum atomic E-state index is -3.93. The van der Waals surface area contributed by atoms with Gasteiger partial charge in [0.2, 0.25) is 5.91 Å². The number of hydrogen-bond donors (Lipinski definition) is 1. The molecule has 27 heavy (non-hydrogen) atoms. The van der Waals surface area contributed by atoms with E-state index in [4.69, 9.17) is 11.6 Å². The fourth-order valence-electron chi connectivity index (χ4n) is 2.51. The number of aromatic nitrogens is 2. The van der Waals surface area contributed by atoms with E-state index in [1.165, 1.54) is 12.1 Å². The molecule has 7 nitrogen and oxygen atoms in total. The molecular weight excluding hydrogens is 390 g/mol. The number of carbonyl (C=O) groups is 2. The molecule has 0 saturated carbocycles. The number of aldehydes is 1. The summed E-state index contributed by atoms with van der Waals surface area (Å²) < 4.78 is 27.9. The Morgan fingerprint density at radius 3 is 2.56 bits per heavy atom. The molecule has 0 bridgehead atoms. The maximum absolute atomic E-state index is 12.1. The molecule has 9 heteroatoms. The van der Waals surface area contributed by atoms with Gasteiger partial charge in [0.25, 0.3) is 10.0 Å². The Morgan fingerprint density at radius 2 is 2.00 bits per heavy atom. The molecule has 1 N–H and O–H groups in total. The van der Waals surface area contributed by atoms with Gasteiger partial charge in [0.05, 0.1) is 4.90 Å². The van der Waals surface area contributed by atoms with Gasteiger partial charge in [-0.15, -0.1) is 0 Å². The van der Waals surface area contributed by atoms with Crippen LogP contribution in [0.25, 0.3) is 0 Å². The maximum atomic E-state index is 12.1. The van der Waals surface area contributed by atoms with Crippen LogP contribution in [0.15, 0.2) is 29.2 Å². The largest absolute Gasteiger partial charge is 0.320 e. The summed E-state index contributed by atoms with van der Waals surface area (Å²) >= 11 is 6.05. The van der Waals surface area contributed by atoms with Gasteiger partial charge in [-0.25, -0.2) is 18.1 Å². The normalized spacial score (nSPS) is 11.4. The van der Waals surface area contributed by atoms with E-state index in [0.29, 0.717) is 30.8 Å². The molecule has 1 aromatic heterocycles. The lowest BCUT2D eigenvalue weighted by atomic mass is 10.2. The highest BCUT2D eigenvalue weighted by atomic mass is 35.5. The van der Waals surface area contributed by atoms with E-state index in [2.05, 4.69) is 18.8 Å². The van der Waals surface area contributed by atoms with Crippen LogP contribution >= 0.6 is 11.6 Å². The first-order chi connectivity index (χ1) is 12.8. The van der Waals surface area contributed by atoms with Crippen molar-refractivity contribution in [2.45, 2.75) is 44.0 Å². The number of halogens is 1. The number of amides is 1. The second kappa shape index (κ2) is 9.14. The number of aryl methyl sites for hydroxylation is 1. The van der Waals surface area contributed by atoms with Crippen LogP contribution in [0.5, 0.6) is 0 Å². The molecule has 0 fully saturated rings. The smallest absolute Gasteiger partial charge is 0.264 e. The fraction of sp³-hybridized carbons (Fsp3) is 0.333. The number of unbranched alkanes of at least 4 members (excludes halogenated alkanes) is 1. The molecule has 0 atom stereocenters. The van der Waals surface area contributed by atoms with E-state index in [1.807, 2.05) is 4.72 Å². The average molecular weight is 411 g/mol. The Morgan fingerprint density at radius 1 is 1.33 bits per heavy atom. The monoisotopic (exact) mass is 410 g/mol. The highest BCUT2D eigenvalue weighted by molar-refractivity contribution is 7.90. The van der Waals surface area contributed by atoms with E-state index < -0.39 is 15.9 Å². The Balaban J connectivity index is 2.26. The van der Waals surface area contributed by atoms with Gasteiger partial charge in [-0.2, -0.15) is 0 Å². The van der Waals surface area contributed by atoms with Crippen LogP contribution in [-0.2, 0) is 27.8 Å². The molecule has 1 amide bonds. The first kappa shape index (κ1) is 21.1. The minimum Gasteiger partial charge on any atom is -0.320 e. The number of rotatable bonds is 9. The lowest BCUT2D eigenvalue weighted by Gasteiger charge is -2.11. The molecule has 0 saturated heterocycles. The summed E-state index contributed by atoms with van der Waals surface area (Å²) in [7, 11) is -3.93. The molecule has 0 aliphatic carbocycles. The molecule has 1 heterocycles. The van der Waals surface area contributed by atoms with Crippen molar-refractivity contribution in [2.75, 3.05) is 0 Å². The number of sulfonamides is 1. The highest BCUT2D eigenvalue weighted by Crippen LogP contribution is 2.20. The van der Waals surface area contributed by atoms with Gasteiger partial charge in [-0.05, 0) is 31.0 Å². The standard InChI is InChI=1S/C18H21ClN3O4S/c1-3-5-6-16-20-18(19)15(12-23)22(16)11-13-7-9-14(10-8-13)27(25,26)21-17(24)4-2/h7-10,12H,2-6,11H2,1H3,(H,21,24). The highest BCUT2D eigenvalue weighted by Gasteiger charge is 2.18. The van der Waals surface area contributed by atoms with Crippen molar-refractivity contribution in [3.05, 3.63) is 53.4 Å². The Bertz CT molecular complexity index is 921. The van der Waals surface area contributed by atoms with Crippen LogP contribution in [0.4, 0.5) is 0 Å². The summed E-state index contributed by atoms with van der Waals surface area (Å²) in [6, 6.07) is 6.04. The minimum absolute atomic E-state index is 0.0291. The van der Waals surface area contributed by atoms with E-state index in [1.54, 1.807) is 16.7 Å². The molecule has 0 aliphatic heterocycles. The summed E-state index contributed by atoms with van der Waals surface area (Å²) in [5, 5.41) is 0.159. The van der Waals surface area contributed by atoms with Gasteiger partial charge < -0.3 is 4.57 Å². The molecule has 0 unspecified atom stereocenters. The van der Waals surface area contributed by atoms with Gasteiger partial charge in [-0.3, -0.25) is 9.59 Å². The third kappa shape index (κ3) is 5.17. The SMILES string of the molecule is [CH2]CC(=O)NS(=O)(=O)c1ccc(Cn2c(CCCC)nc(Cl)c2C=O)cc1. The second-order valence-corrected chi connectivity index (χ2v) is 7.97. The van der Waals surface area contributed by atoms with Gasteiger partial charge >= 0.3 is 0 Å². The summed E-state index contributed by atoms with van der Waals surface area (Å²) in [4.78, 5) is 26.9. The maximum Gasteiger partial charge on any atom is 0.264 e. The number of imidazole rings is 1. The van der Waals surface area contributed by atoms with E-state index in [9.17, 15) is 18.0 Å². The molecule has 1 aromatic carbocycles. The summed E-state index contributed by atoms with van der Waals surface area (Å²) in [6.07, 6.45) is 3.07. The van der Waals surface area contributed by atoms with Crippen molar-refractivity contribution in [1.29, 1.82) is 0 Å². The molecule has 2 aromatic rings. The molecule has 2 rings (SSSR count). The molecular formula is C18H21ClN3O4S. The van der Waals surface area contributed by atoms with Crippen LogP contribution in [0, 0.1) is 6.92 Å². The number of nitrogens with zero attached hydrogens (tertiary/aromatic N) is 2. The Kier molecular flexibility index (Phi) is 7.15. The van der Waals surface area contributed by atoms with Crippen molar-refractivity contribution in [3.8, 4) is 0 Å². The molecule has 0 spiro atoms. The van der Waals surface area contributed by atoms with Crippen molar-refractivity contribution in [1.82, 2.24) is 14.3 Å². The van der Waals surface area contributed by atoms with E-state index in [-0.39, 0.29) is 16.5 Å². The number of carbonyl (C=O) groups excluding carboxylic acids is 2. The number of benzene rings is 1. The van der Waals surface area contributed by atoms with Crippen LogP contribution in [-0.4, -0.2) is 30.2 Å². The van der Waals surface area contributed by atoms with Gasteiger partial charge in [0, 0.05) is 19.4 Å². The fourth-order valence-corrected chi connectivity index (χ4v) is 3.77. The van der Waals surface area contributed by atoms with Crippen LogP contribution in [0.3, 0.4) is 0 Å². The predicted octanol–water partition coefficient (Wildman–Crippen LogP) is 2.77. The third-order valence-corrected chi connectivity index (χ3v) is 5.62. The van der Waals surface area contributed by atoms with Gasteiger partial charge in [0.1, 0.15) is 11.5 Å². The number of hydrogen-bond acceptors (Lipinski definition) is 5. The first-order valence-corrected chi connectivity index (χ1v) is 10.3. The number of nitrogens with one attached hydrogen (secondary N) is 1. The zero-order chi connectivity index (χ0) is 20.0. The average Bonchev–Trinajstić information content (AvgIpc) is 2.94. The Labute approximate surface area is 163 Å². The van der Waals surface area contributed by atoms with Crippen LogP contribution in [0.1, 0.15) is 48.1 Å². The van der Waals surface area contributed by atoms with Crippen LogP contribution < -0.4 is 4.72 Å². The predicted molar refractivity (Wildman–Crippen MR) is 102 cm³/mol. The summed E-state index contributed by atoms with van der Waals surface area (Å²) in [5.41, 5.74) is 1.06. The molecule has 0 aliphatic rings. The van der Waals surface area contributed by atoms with Crippen molar-refractivity contribution < 1.29 is 18.0 Å². The summed E-state index contributed by atoms with van der Waals surface area (Å²) in [5.74, 6) is 0.0340. The van der Waals surface area contributed by atoms with Crippen molar-refractivity contribution in [2.24, 2.45) is 0 Å². The summed E-state index contributed by atoms with van der Waals surface area (Å²) in [6.45, 7) is 5.74. The molecule has 145 valence electrons. The first-order valence-electron chi connectivity index (χ1n) is 8.46. The lowest BCUT2D eigenvalue weighted by Crippen LogP contribution is -2.29. The van der Waals surface area contributed by atoms with Crippen molar-refractivity contribution >= 4 is 33.8 Å². The zero-order valence-corrected chi connectivity index (χ0v) is 16.5. The third-order valence-electron chi connectivity index (χ3n) is 3.96. The van der Waals surface area contributed by atoms with Crippen molar-refractivity contribution in [3.63, 3.8) is 0 Å².